The predicted octanol–water partition coefficient (Wildman–Crippen LogP) is 10.4. The van der Waals surface area contributed by atoms with Gasteiger partial charge in [0, 0.05) is 6.42 Å². The van der Waals surface area contributed by atoms with Crippen molar-refractivity contribution in [1.29, 1.82) is 0 Å². The molecular weight excluding hydrogens is 452 g/mol. The van der Waals surface area contributed by atoms with Crippen LogP contribution in [0.25, 0.3) is 0 Å². The molecule has 0 radical (unpaired) electrons. The molecule has 214 valence electrons. The van der Waals surface area contributed by atoms with Crippen LogP contribution in [0.1, 0.15) is 174 Å². The van der Waals surface area contributed by atoms with E-state index in [0.29, 0.717) is 19.6 Å². The summed E-state index contributed by atoms with van der Waals surface area (Å²) in [6.45, 7) is 3.22. The lowest BCUT2D eigenvalue weighted by Gasteiger charge is -2.07. The molecule has 0 aromatic rings. The summed E-state index contributed by atoms with van der Waals surface area (Å²) in [6.07, 6.45) is 30.8. The van der Waals surface area contributed by atoms with Gasteiger partial charge in [-0.3, -0.25) is 4.79 Å². The maximum absolute atomic E-state index is 11.6. The van der Waals surface area contributed by atoms with Crippen LogP contribution in [0, 0.1) is 0 Å². The highest BCUT2D eigenvalue weighted by Crippen LogP contribution is 2.14. The standard InChI is InChI=1S/C31H60O5/c1-2-3-4-5-6-7-8-9-10-13-16-19-22-25-28-35-31(34)36-29-26-23-20-17-14-11-12-15-18-21-24-27-30(32)33/h2-29H2,1H3,(H,32,33). The Balaban J connectivity index is 3.15. The Bertz CT molecular complexity index is 466. The summed E-state index contributed by atoms with van der Waals surface area (Å²) in [7, 11) is 0. The molecule has 36 heavy (non-hydrogen) atoms. The first-order chi connectivity index (χ1) is 17.7. The lowest BCUT2D eigenvalue weighted by molar-refractivity contribution is -0.137. The summed E-state index contributed by atoms with van der Waals surface area (Å²) in [4.78, 5) is 22.1. The van der Waals surface area contributed by atoms with Crippen LogP contribution in [-0.4, -0.2) is 30.4 Å². The maximum Gasteiger partial charge on any atom is 0.508 e. The Morgan fingerprint density at radius 1 is 0.444 bits per heavy atom. The smallest absolute Gasteiger partial charge is 0.481 e. The number of carboxylic acid groups (broad SMARTS) is 1. The fourth-order valence-electron chi connectivity index (χ4n) is 4.62. The molecule has 0 heterocycles. The van der Waals surface area contributed by atoms with Crippen LogP contribution >= 0.6 is 0 Å². The summed E-state index contributed by atoms with van der Waals surface area (Å²) in [5.74, 6) is -0.683. The third-order valence-corrected chi connectivity index (χ3v) is 6.97. The first-order valence-corrected chi connectivity index (χ1v) is 15.7. The van der Waals surface area contributed by atoms with Gasteiger partial charge < -0.3 is 14.6 Å². The Morgan fingerprint density at radius 3 is 1.03 bits per heavy atom. The van der Waals surface area contributed by atoms with Crippen molar-refractivity contribution in [3.8, 4) is 0 Å². The van der Waals surface area contributed by atoms with Gasteiger partial charge in [-0.2, -0.15) is 0 Å². The molecule has 0 spiro atoms. The van der Waals surface area contributed by atoms with Gasteiger partial charge in [-0.1, -0.05) is 148 Å². The highest BCUT2D eigenvalue weighted by atomic mass is 16.7. The third-order valence-electron chi connectivity index (χ3n) is 6.97. The zero-order valence-corrected chi connectivity index (χ0v) is 23.9. The number of aliphatic carboxylic acids is 1. The van der Waals surface area contributed by atoms with Crippen molar-refractivity contribution >= 4 is 12.1 Å². The Kier molecular flexibility index (Phi) is 28.9. The molecule has 0 saturated heterocycles. The fourth-order valence-corrected chi connectivity index (χ4v) is 4.62. The summed E-state index contributed by atoms with van der Waals surface area (Å²) < 4.78 is 10.3. The van der Waals surface area contributed by atoms with Crippen molar-refractivity contribution in [1.82, 2.24) is 0 Å². The average molecular weight is 513 g/mol. The number of ether oxygens (including phenoxy) is 2. The molecule has 0 aliphatic heterocycles. The van der Waals surface area contributed by atoms with Crippen LogP contribution in [0.3, 0.4) is 0 Å². The molecule has 0 amide bonds. The normalized spacial score (nSPS) is 11.0. The Hall–Kier alpha value is -1.26. The van der Waals surface area contributed by atoms with Gasteiger partial charge in [0.15, 0.2) is 0 Å². The lowest BCUT2D eigenvalue weighted by atomic mass is 10.0. The van der Waals surface area contributed by atoms with E-state index in [1.807, 2.05) is 0 Å². The van der Waals surface area contributed by atoms with Crippen LogP contribution in [0.4, 0.5) is 4.79 Å². The number of hydrogen-bond donors (Lipinski definition) is 1. The van der Waals surface area contributed by atoms with Crippen LogP contribution < -0.4 is 0 Å². The van der Waals surface area contributed by atoms with Gasteiger partial charge in [0.2, 0.25) is 0 Å². The molecule has 1 N–H and O–H groups in total. The molecule has 0 bridgehead atoms. The second-order valence-electron chi connectivity index (χ2n) is 10.6. The van der Waals surface area contributed by atoms with E-state index in [9.17, 15) is 9.59 Å². The number of carboxylic acids is 1. The Morgan fingerprint density at radius 2 is 0.722 bits per heavy atom. The monoisotopic (exact) mass is 512 g/mol. The molecule has 0 atom stereocenters. The van der Waals surface area contributed by atoms with Crippen molar-refractivity contribution in [2.75, 3.05) is 13.2 Å². The van der Waals surface area contributed by atoms with Crippen LogP contribution in [-0.2, 0) is 14.3 Å². The molecular formula is C31H60O5. The Labute approximate surface area is 223 Å². The molecule has 0 aromatic heterocycles. The minimum atomic E-state index is -0.683. The van der Waals surface area contributed by atoms with Crippen LogP contribution in [0.15, 0.2) is 0 Å². The van der Waals surface area contributed by atoms with E-state index in [2.05, 4.69) is 6.92 Å². The number of unbranched alkanes of at least 4 members (excludes halogenated alkanes) is 23. The van der Waals surface area contributed by atoms with Crippen molar-refractivity contribution in [2.45, 2.75) is 174 Å². The van der Waals surface area contributed by atoms with Crippen molar-refractivity contribution in [3.05, 3.63) is 0 Å². The SMILES string of the molecule is CCCCCCCCCCCCCCCCOC(=O)OCCCCCCCCCCCCCC(=O)O. The zero-order valence-electron chi connectivity index (χ0n) is 23.9. The second kappa shape index (κ2) is 30.0. The van der Waals surface area contributed by atoms with Gasteiger partial charge >= 0.3 is 12.1 Å². The quantitative estimate of drug-likeness (QED) is 0.0797. The van der Waals surface area contributed by atoms with E-state index >= 15 is 0 Å². The summed E-state index contributed by atoms with van der Waals surface area (Å²) in [6, 6.07) is 0. The minimum absolute atomic E-state index is 0.306. The van der Waals surface area contributed by atoms with Gasteiger partial charge in [-0.05, 0) is 19.3 Å². The van der Waals surface area contributed by atoms with E-state index in [1.54, 1.807) is 0 Å². The first-order valence-electron chi connectivity index (χ1n) is 15.7. The maximum atomic E-state index is 11.6. The molecule has 0 rings (SSSR count). The fraction of sp³-hybridized carbons (Fsp3) is 0.935. The van der Waals surface area contributed by atoms with Gasteiger partial charge in [0.05, 0.1) is 13.2 Å². The second-order valence-corrected chi connectivity index (χ2v) is 10.6. The zero-order chi connectivity index (χ0) is 26.4. The van der Waals surface area contributed by atoms with E-state index < -0.39 is 12.1 Å². The van der Waals surface area contributed by atoms with E-state index in [-0.39, 0.29) is 0 Å². The van der Waals surface area contributed by atoms with Gasteiger partial charge in [-0.25, -0.2) is 4.79 Å². The predicted molar refractivity (Wildman–Crippen MR) is 151 cm³/mol. The number of rotatable bonds is 29. The first kappa shape index (κ1) is 34.7. The van der Waals surface area contributed by atoms with E-state index in [1.165, 1.54) is 116 Å². The van der Waals surface area contributed by atoms with Gasteiger partial charge in [0.1, 0.15) is 0 Å². The number of hydrogen-bond acceptors (Lipinski definition) is 4. The highest BCUT2D eigenvalue weighted by Gasteiger charge is 2.03. The molecule has 0 saturated carbocycles. The van der Waals surface area contributed by atoms with E-state index in [4.69, 9.17) is 14.6 Å². The van der Waals surface area contributed by atoms with Crippen molar-refractivity contribution < 1.29 is 24.2 Å². The largest absolute Gasteiger partial charge is 0.508 e. The highest BCUT2D eigenvalue weighted by molar-refractivity contribution is 5.66. The molecule has 5 heteroatoms. The third kappa shape index (κ3) is 30.8. The molecule has 0 unspecified atom stereocenters. The molecule has 0 aromatic carbocycles. The molecule has 0 aliphatic carbocycles. The molecule has 0 aliphatic rings. The average Bonchev–Trinajstić information content (AvgIpc) is 2.86. The molecule has 0 fully saturated rings. The summed E-state index contributed by atoms with van der Waals surface area (Å²) in [5, 5.41) is 8.60. The topological polar surface area (TPSA) is 72.8 Å². The minimum Gasteiger partial charge on any atom is -0.481 e. The summed E-state index contributed by atoms with van der Waals surface area (Å²) in [5.41, 5.74) is 0. The van der Waals surface area contributed by atoms with E-state index in [0.717, 1.165) is 44.9 Å². The van der Waals surface area contributed by atoms with Gasteiger partial charge in [-0.15, -0.1) is 0 Å². The van der Waals surface area contributed by atoms with Gasteiger partial charge in [0.25, 0.3) is 0 Å². The summed E-state index contributed by atoms with van der Waals surface area (Å²) >= 11 is 0. The number of carbonyl (C=O) groups excluding carboxylic acids is 1. The molecule has 5 nitrogen and oxygen atoms in total. The lowest BCUT2D eigenvalue weighted by Crippen LogP contribution is -2.09. The van der Waals surface area contributed by atoms with Crippen molar-refractivity contribution in [3.63, 3.8) is 0 Å². The van der Waals surface area contributed by atoms with Crippen LogP contribution in [0.5, 0.6) is 0 Å². The van der Waals surface area contributed by atoms with Crippen LogP contribution in [0.2, 0.25) is 0 Å². The number of carbonyl (C=O) groups is 2. The van der Waals surface area contributed by atoms with Crippen molar-refractivity contribution in [2.24, 2.45) is 0 Å².